The van der Waals surface area contributed by atoms with Crippen molar-refractivity contribution in [3.63, 3.8) is 0 Å². The Balaban J connectivity index is 0.00000289. The van der Waals surface area contributed by atoms with Crippen LogP contribution in [0.15, 0.2) is 90.3 Å². The minimum Gasteiger partial charge on any atom is -0.545 e. The third-order valence-corrected chi connectivity index (χ3v) is 5.89. The maximum Gasteiger partial charge on any atom is 1.00 e. The van der Waals surface area contributed by atoms with Crippen molar-refractivity contribution in [1.29, 1.82) is 0 Å². The largest absolute Gasteiger partial charge is 1.00 e. The van der Waals surface area contributed by atoms with E-state index < -0.39 is 5.97 Å². The molecular weight excluding hydrogens is 451 g/mol. The van der Waals surface area contributed by atoms with Gasteiger partial charge in [0.1, 0.15) is 12.4 Å². The van der Waals surface area contributed by atoms with Crippen LogP contribution in [-0.4, -0.2) is 5.97 Å². The normalized spacial score (nSPS) is 10.7. The van der Waals surface area contributed by atoms with Gasteiger partial charge in [-0.15, -0.1) is 11.3 Å². The third kappa shape index (κ3) is 6.12. The van der Waals surface area contributed by atoms with Crippen molar-refractivity contribution in [3.8, 4) is 27.3 Å². The summed E-state index contributed by atoms with van der Waals surface area (Å²) in [7, 11) is 0. The van der Waals surface area contributed by atoms with Crippen LogP contribution in [0.4, 0.5) is 0 Å². The standard InChI is InChI=1S/C26H19ClO3S.Na/c27-21-10-11-24(30-17-19-5-2-1-3-6-19)23(16-21)22-13-14-31-26(22)20-8-4-7-18(15-20)9-12-25(28)29;/h1-16H,17H2,(H,28,29);/q;+1/p-1/b12-9+;. The molecule has 4 rings (SSSR count). The van der Waals surface area contributed by atoms with E-state index in [4.69, 9.17) is 16.3 Å². The van der Waals surface area contributed by atoms with Crippen molar-refractivity contribution in [1.82, 2.24) is 0 Å². The second-order valence-electron chi connectivity index (χ2n) is 6.86. The second-order valence-corrected chi connectivity index (χ2v) is 8.21. The number of carbonyl (C=O) groups is 1. The van der Waals surface area contributed by atoms with Gasteiger partial charge in [0.2, 0.25) is 0 Å². The van der Waals surface area contributed by atoms with E-state index in [-0.39, 0.29) is 29.6 Å². The molecule has 3 nitrogen and oxygen atoms in total. The Hall–Kier alpha value is -2.34. The smallest absolute Gasteiger partial charge is 0.545 e. The summed E-state index contributed by atoms with van der Waals surface area (Å²) < 4.78 is 6.14. The van der Waals surface area contributed by atoms with Crippen LogP contribution >= 0.6 is 22.9 Å². The molecule has 0 fully saturated rings. The molecule has 0 spiro atoms. The van der Waals surface area contributed by atoms with Gasteiger partial charge < -0.3 is 14.6 Å². The first-order valence-corrected chi connectivity index (χ1v) is 10.9. The molecule has 154 valence electrons. The van der Waals surface area contributed by atoms with E-state index in [9.17, 15) is 9.90 Å². The average Bonchev–Trinajstić information content (AvgIpc) is 3.27. The molecule has 0 aliphatic rings. The summed E-state index contributed by atoms with van der Waals surface area (Å²) in [4.78, 5) is 11.8. The van der Waals surface area contributed by atoms with Crippen molar-refractivity contribution in [3.05, 3.63) is 106 Å². The minimum absolute atomic E-state index is 0. The first kappa shape index (κ1) is 24.3. The number of aliphatic carboxylic acids is 1. The number of carboxylic acids is 1. The zero-order valence-corrected chi connectivity index (χ0v) is 21.0. The number of hydrogen-bond acceptors (Lipinski definition) is 4. The number of hydrogen-bond donors (Lipinski definition) is 0. The summed E-state index contributed by atoms with van der Waals surface area (Å²) in [5, 5.41) is 13.4. The Bertz CT molecular complexity index is 1230. The molecule has 0 saturated heterocycles. The number of benzene rings is 3. The molecular formula is C26H18ClNaO3S. The molecule has 4 aromatic rings. The van der Waals surface area contributed by atoms with Gasteiger partial charge in [0.15, 0.2) is 0 Å². The van der Waals surface area contributed by atoms with Gasteiger partial charge in [-0.25, -0.2) is 0 Å². The van der Waals surface area contributed by atoms with Crippen molar-refractivity contribution in [2.75, 3.05) is 0 Å². The summed E-state index contributed by atoms with van der Waals surface area (Å²) >= 11 is 7.93. The summed E-state index contributed by atoms with van der Waals surface area (Å²) in [6.45, 7) is 0.457. The van der Waals surface area contributed by atoms with E-state index in [1.54, 1.807) is 11.3 Å². The van der Waals surface area contributed by atoms with E-state index in [2.05, 4.69) is 0 Å². The number of ether oxygens (including phenoxy) is 1. The van der Waals surface area contributed by atoms with Crippen LogP contribution in [0.5, 0.6) is 5.75 Å². The summed E-state index contributed by atoms with van der Waals surface area (Å²) in [6, 6.07) is 25.4. The first-order chi connectivity index (χ1) is 15.1. The van der Waals surface area contributed by atoms with Crippen LogP contribution in [-0.2, 0) is 11.4 Å². The summed E-state index contributed by atoms with van der Waals surface area (Å²) in [6.07, 6.45) is 2.56. The Kier molecular flexibility index (Phi) is 8.74. The van der Waals surface area contributed by atoms with Gasteiger partial charge in [0.05, 0.1) is 5.97 Å². The average molecular weight is 469 g/mol. The predicted molar refractivity (Wildman–Crippen MR) is 125 cm³/mol. The Labute approximate surface area is 218 Å². The van der Waals surface area contributed by atoms with Crippen LogP contribution in [0.1, 0.15) is 11.1 Å². The molecule has 1 aromatic heterocycles. The minimum atomic E-state index is -1.22. The zero-order valence-electron chi connectivity index (χ0n) is 17.5. The molecule has 0 amide bonds. The predicted octanol–water partition coefficient (Wildman–Crippen LogP) is 3.08. The van der Waals surface area contributed by atoms with E-state index >= 15 is 0 Å². The monoisotopic (exact) mass is 468 g/mol. The first-order valence-electron chi connectivity index (χ1n) is 9.64. The van der Waals surface area contributed by atoms with E-state index in [0.717, 1.165) is 44.5 Å². The van der Waals surface area contributed by atoms with Gasteiger partial charge in [-0.2, -0.15) is 0 Å². The molecule has 6 heteroatoms. The quantitative estimate of drug-likeness (QED) is 0.309. The molecule has 0 aliphatic carbocycles. The SMILES string of the molecule is O=C([O-])/C=C/c1cccc(-c2sccc2-c2cc(Cl)ccc2OCc2ccccc2)c1.[Na+]. The van der Waals surface area contributed by atoms with Crippen LogP contribution in [0.3, 0.4) is 0 Å². The Morgan fingerprint density at radius 3 is 2.56 bits per heavy atom. The fraction of sp³-hybridized carbons (Fsp3) is 0.0385. The summed E-state index contributed by atoms with van der Waals surface area (Å²) in [5.74, 6) is -0.470. The Morgan fingerprint density at radius 1 is 0.969 bits per heavy atom. The topological polar surface area (TPSA) is 49.4 Å². The van der Waals surface area contributed by atoms with Gasteiger partial charge >= 0.3 is 29.6 Å². The van der Waals surface area contributed by atoms with Crippen molar-refractivity contribution >= 4 is 35.0 Å². The Morgan fingerprint density at radius 2 is 1.78 bits per heavy atom. The van der Waals surface area contributed by atoms with Crippen molar-refractivity contribution in [2.45, 2.75) is 6.61 Å². The van der Waals surface area contributed by atoms with Gasteiger partial charge in [0.25, 0.3) is 0 Å². The van der Waals surface area contributed by atoms with Gasteiger partial charge in [-0.1, -0.05) is 66.2 Å². The van der Waals surface area contributed by atoms with Crippen LogP contribution in [0.25, 0.3) is 27.6 Å². The molecule has 3 aromatic carbocycles. The van der Waals surface area contributed by atoms with E-state index in [1.165, 1.54) is 6.08 Å². The molecule has 0 saturated carbocycles. The van der Waals surface area contributed by atoms with E-state index in [0.29, 0.717) is 11.6 Å². The molecule has 0 bridgehead atoms. The maximum atomic E-state index is 10.7. The number of carboxylic acid groups (broad SMARTS) is 1. The van der Waals surface area contributed by atoms with E-state index in [1.807, 2.05) is 84.2 Å². The van der Waals surface area contributed by atoms with Gasteiger partial charge in [-0.3, -0.25) is 0 Å². The van der Waals surface area contributed by atoms with Crippen molar-refractivity contribution < 1.29 is 44.2 Å². The number of rotatable bonds is 7. The fourth-order valence-corrected chi connectivity index (χ4v) is 4.35. The molecule has 0 radical (unpaired) electrons. The fourth-order valence-electron chi connectivity index (χ4n) is 3.27. The molecule has 0 aliphatic heterocycles. The number of halogens is 1. The van der Waals surface area contributed by atoms with Gasteiger partial charge in [-0.05, 0) is 58.5 Å². The maximum absolute atomic E-state index is 10.7. The van der Waals surface area contributed by atoms with Crippen LogP contribution < -0.4 is 39.4 Å². The third-order valence-electron chi connectivity index (χ3n) is 4.69. The number of carbonyl (C=O) groups excluding carboxylic acids is 1. The van der Waals surface area contributed by atoms with Gasteiger partial charge in [0, 0.05) is 21.0 Å². The molecule has 1 heterocycles. The second kappa shape index (κ2) is 11.5. The number of thiophene rings is 1. The molecule has 0 atom stereocenters. The van der Waals surface area contributed by atoms with Crippen molar-refractivity contribution in [2.24, 2.45) is 0 Å². The van der Waals surface area contributed by atoms with Crippen LogP contribution in [0.2, 0.25) is 5.02 Å². The zero-order chi connectivity index (χ0) is 21.6. The molecule has 0 N–H and O–H groups in total. The summed E-state index contributed by atoms with van der Waals surface area (Å²) in [5.41, 5.74) is 4.78. The molecule has 32 heavy (non-hydrogen) atoms. The van der Waals surface area contributed by atoms with Crippen LogP contribution in [0, 0.1) is 0 Å². The molecule has 0 unspecified atom stereocenters.